The van der Waals surface area contributed by atoms with E-state index in [0.717, 1.165) is 23.2 Å². The van der Waals surface area contributed by atoms with Crippen LogP contribution in [0.15, 0.2) is 18.3 Å². The smallest absolute Gasteiger partial charge is 0.224 e. The molecule has 0 aromatic carbocycles. The molecule has 0 radical (unpaired) electrons. The van der Waals surface area contributed by atoms with Gasteiger partial charge >= 0.3 is 0 Å². The quantitative estimate of drug-likeness (QED) is 0.715. The fourth-order valence-electron chi connectivity index (χ4n) is 3.70. The molecular weight excluding hydrogens is 314 g/mol. The summed E-state index contributed by atoms with van der Waals surface area (Å²) in [5, 5.41) is 1.46. The molecule has 0 amide bonds. The number of aromatic nitrogens is 3. The van der Waals surface area contributed by atoms with Crippen LogP contribution in [-0.4, -0.2) is 26.0 Å². The SMILES string of the molecule is Clc1ncc2cc(C3=CCSCC3)n(C3CCCCC3)c2n1. The van der Waals surface area contributed by atoms with Gasteiger partial charge in [0.05, 0.1) is 0 Å². The molecule has 1 aliphatic heterocycles. The highest BCUT2D eigenvalue weighted by molar-refractivity contribution is 7.99. The van der Waals surface area contributed by atoms with Crippen molar-refractivity contribution in [2.45, 2.75) is 44.6 Å². The van der Waals surface area contributed by atoms with Crippen molar-refractivity contribution in [1.82, 2.24) is 14.5 Å². The summed E-state index contributed by atoms with van der Waals surface area (Å²) >= 11 is 8.08. The molecule has 0 atom stereocenters. The van der Waals surface area contributed by atoms with Gasteiger partial charge in [0.1, 0.15) is 5.65 Å². The average Bonchev–Trinajstić information content (AvgIpc) is 2.95. The van der Waals surface area contributed by atoms with Crippen molar-refractivity contribution in [3.63, 3.8) is 0 Å². The molecule has 1 fully saturated rings. The fraction of sp³-hybridized carbons (Fsp3) is 0.529. The second kappa shape index (κ2) is 6.25. The van der Waals surface area contributed by atoms with Gasteiger partial charge in [-0.05, 0) is 48.3 Å². The summed E-state index contributed by atoms with van der Waals surface area (Å²) < 4.78 is 2.46. The van der Waals surface area contributed by atoms with Crippen LogP contribution in [0, 0.1) is 0 Å². The van der Waals surface area contributed by atoms with Crippen molar-refractivity contribution in [1.29, 1.82) is 0 Å². The van der Waals surface area contributed by atoms with Crippen LogP contribution < -0.4 is 0 Å². The first kappa shape index (κ1) is 14.6. The Hall–Kier alpha value is -1.00. The normalized spacial score (nSPS) is 20.3. The van der Waals surface area contributed by atoms with E-state index in [1.807, 2.05) is 18.0 Å². The molecule has 0 unspecified atom stereocenters. The van der Waals surface area contributed by atoms with E-state index in [4.69, 9.17) is 11.6 Å². The number of allylic oxidation sites excluding steroid dienone is 1. The molecule has 2 aromatic heterocycles. The lowest BCUT2D eigenvalue weighted by atomic mass is 9.94. The van der Waals surface area contributed by atoms with Crippen molar-refractivity contribution < 1.29 is 0 Å². The molecule has 4 rings (SSSR count). The van der Waals surface area contributed by atoms with Gasteiger partial charge in [-0.15, -0.1) is 0 Å². The number of halogens is 1. The highest BCUT2D eigenvalue weighted by atomic mass is 35.5. The van der Waals surface area contributed by atoms with Crippen LogP contribution in [0.25, 0.3) is 16.6 Å². The minimum Gasteiger partial charge on any atom is -0.322 e. The van der Waals surface area contributed by atoms with Crippen LogP contribution in [0.3, 0.4) is 0 Å². The molecule has 22 heavy (non-hydrogen) atoms. The summed E-state index contributed by atoms with van der Waals surface area (Å²) in [6.45, 7) is 0. The van der Waals surface area contributed by atoms with Crippen LogP contribution in [0.1, 0.15) is 50.3 Å². The van der Waals surface area contributed by atoms with Gasteiger partial charge in [0.25, 0.3) is 0 Å². The Bertz CT molecular complexity index is 716. The molecule has 1 saturated carbocycles. The Balaban J connectivity index is 1.88. The largest absolute Gasteiger partial charge is 0.322 e. The molecule has 0 N–H and O–H groups in total. The Labute approximate surface area is 140 Å². The Morgan fingerprint density at radius 1 is 1.23 bits per heavy atom. The minimum atomic E-state index is 0.349. The predicted octanol–water partition coefficient (Wildman–Crippen LogP) is 5.11. The van der Waals surface area contributed by atoms with Crippen LogP contribution in [0.5, 0.6) is 0 Å². The van der Waals surface area contributed by atoms with Gasteiger partial charge < -0.3 is 4.57 Å². The maximum absolute atomic E-state index is 6.07. The minimum absolute atomic E-state index is 0.349. The van der Waals surface area contributed by atoms with Gasteiger partial charge in [-0.2, -0.15) is 16.7 Å². The first-order valence-corrected chi connectivity index (χ1v) is 9.67. The summed E-state index contributed by atoms with van der Waals surface area (Å²) in [5.74, 6) is 2.33. The number of fused-ring (bicyclic) bond motifs is 1. The van der Waals surface area contributed by atoms with Gasteiger partial charge in [0.2, 0.25) is 5.28 Å². The third kappa shape index (κ3) is 2.67. The predicted molar refractivity (Wildman–Crippen MR) is 94.6 cm³/mol. The number of thioether (sulfide) groups is 1. The van der Waals surface area contributed by atoms with Crippen LogP contribution in [0.2, 0.25) is 5.28 Å². The molecule has 2 aliphatic rings. The first-order valence-electron chi connectivity index (χ1n) is 8.13. The molecule has 116 valence electrons. The Morgan fingerprint density at radius 3 is 2.86 bits per heavy atom. The molecule has 0 saturated heterocycles. The summed E-state index contributed by atoms with van der Waals surface area (Å²) in [4.78, 5) is 8.72. The number of nitrogens with zero attached hydrogens (tertiary/aromatic N) is 3. The number of hydrogen-bond acceptors (Lipinski definition) is 3. The maximum atomic E-state index is 6.07. The Kier molecular flexibility index (Phi) is 4.14. The van der Waals surface area contributed by atoms with Crippen molar-refractivity contribution in [2.24, 2.45) is 0 Å². The average molecular weight is 334 g/mol. The number of hydrogen-bond donors (Lipinski definition) is 0. The van der Waals surface area contributed by atoms with Gasteiger partial charge in [-0.1, -0.05) is 25.3 Å². The van der Waals surface area contributed by atoms with E-state index < -0.39 is 0 Å². The van der Waals surface area contributed by atoms with Gasteiger partial charge in [-0.3, -0.25) is 0 Å². The second-order valence-electron chi connectivity index (χ2n) is 6.16. The van der Waals surface area contributed by atoms with Crippen molar-refractivity contribution in [3.8, 4) is 0 Å². The standard InChI is InChI=1S/C17H20ClN3S/c18-17-19-11-13-10-15(12-6-8-22-9-7-12)21(16(13)20-17)14-4-2-1-3-5-14/h6,10-11,14H,1-5,7-9H2. The zero-order valence-corrected chi connectivity index (χ0v) is 14.2. The monoisotopic (exact) mass is 333 g/mol. The van der Waals surface area contributed by atoms with Crippen LogP contribution in [0.4, 0.5) is 0 Å². The van der Waals surface area contributed by atoms with Gasteiger partial charge in [-0.25, -0.2) is 4.98 Å². The van der Waals surface area contributed by atoms with E-state index in [2.05, 4.69) is 26.7 Å². The summed E-state index contributed by atoms with van der Waals surface area (Å²) in [6, 6.07) is 2.82. The number of rotatable bonds is 2. The summed E-state index contributed by atoms with van der Waals surface area (Å²) in [5.41, 5.74) is 3.83. The lowest BCUT2D eigenvalue weighted by molar-refractivity contribution is 0.358. The van der Waals surface area contributed by atoms with Gasteiger partial charge in [0.15, 0.2) is 0 Å². The maximum Gasteiger partial charge on any atom is 0.224 e. The zero-order chi connectivity index (χ0) is 14.9. The van der Waals surface area contributed by atoms with Gasteiger partial charge in [0, 0.05) is 29.1 Å². The van der Waals surface area contributed by atoms with E-state index >= 15 is 0 Å². The van der Waals surface area contributed by atoms with Crippen LogP contribution in [-0.2, 0) is 0 Å². The van der Waals surface area contributed by atoms with E-state index in [1.165, 1.54) is 49.1 Å². The lowest BCUT2D eigenvalue weighted by Crippen LogP contribution is -2.16. The van der Waals surface area contributed by atoms with Crippen molar-refractivity contribution in [3.05, 3.63) is 29.3 Å². The molecular formula is C17H20ClN3S. The fourth-order valence-corrected chi connectivity index (χ4v) is 4.68. The molecule has 0 bridgehead atoms. The molecule has 0 spiro atoms. The van der Waals surface area contributed by atoms with E-state index in [9.17, 15) is 0 Å². The molecule has 3 nitrogen and oxygen atoms in total. The summed E-state index contributed by atoms with van der Waals surface area (Å²) in [7, 11) is 0. The molecule has 1 aliphatic carbocycles. The van der Waals surface area contributed by atoms with Crippen molar-refractivity contribution >= 4 is 40.0 Å². The molecule has 3 heterocycles. The van der Waals surface area contributed by atoms with Crippen molar-refractivity contribution in [2.75, 3.05) is 11.5 Å². The second-order valence-corrected chi connectivity index (χ2v) is 7.65. The molecule has 5 heteroatoms. The third-order valence-electron chi connectivity index (χ3n) is 4.78. The lowest BCUT2D eigenvalue weighted by Gasteiger charge is -2.27. The topological polar surface area (TPSA) is 30.7 Å². The zero-order valence-electron chi connectivity index (χ0n) is 12.6. The Morgan fingerprint density at radius 2 is 2.09 bits per heavy atom. The third-order valence-corrected chi connectivity index (χ3v) is 5.86. The van der Waals surface area contributed by atoms with E-state index in [0.29, 0.717) is 11.3 Å². The molecule has 2 aromatic rings. The highest BCUT2D eigenvalue weighted by Gasteiger charge is 2.23. The highest BCUT2D eigenvalue weighted by Crippen LogP contribution is 2.37. The van der Waals surface area contributed by atoms with Crippen LogP contribution >= 0.6 is 23.4 Å². The van der Waals surface area contributed by atoms with E-state index in [1.54, 1.807) is 0 Å². The van der Waals surface area contributed by atoms with E-state index in [-0.39, 0.29) is 0 Å². The first-order chi connectivity index (χ1) is 10.8. The summed E-state index contributed by atoms with van der Waals surface area (Å²) in [6.07, 6.45) is 11.9.